The van der Waals surface area contributed by atoms with Crippen molar-refractivity contribution >= 4 is 28.5 Å². The molecule has 2 aromatic carbocycles. The summed E-state index contributed by atoms with van der Waals surface area (Å²) < 4.78 is 0. The van der Waals surface area contributed by atoms with Crippen molar-refractivity contribution in [3.05, 3.63) is 54.1 Å². The van der Waals surface area contributed by atoms with Crippen LogP contribution in [0.3, 0.4) is 0 Å². The third kappa shape index (κ3) is 2.94. The largest absolute Gasteiger partial charge is 0.494 e. The van der Waals surface area contributed by atoms with Gasteiger partial charge in [-0.3, -0.25) is 4.99 Å². The maximum atomic E-state index is 9.97. The molecule has 0 atom stereocenters. The lowest BCUT2D eigenvalue weighted by molar-refractivity contribution is 0.311. The molecule has 0 fully saturated rings. The van der Waals surface area contributed by atoms with Crippen LogP contribution < -0.4 is 5.32 Å². The normalized spacial score (nSPS) is 11.3. The van der Waals surface area contributed by atoms with Crippen LogP contribution in [0.1, 0.15) is 5.56 Å². The zero-order valence-electron chi connectivity index (χ0n) is 12.0. The van der Waals surface area contributed by atoms with Gasteiger partial charge in [0.25, 0.3) is 0 Å². The number of nitrogens with zero attached hydrogens (tertiary/aromatic N) is 1. The second kappa shape index (κ2) is 6.32. The predicted octanol–water partition coefficient (Wildman–Crippen LogP) is 3.03. The molecule has 112 valence electrons. The van der Waals surface area contributed by atoms with Gasteiger partial charge in [-0.15, -0.1) is 0 Å². The van der Waals surface area contributed by atoms with Gasteiger partial charge in [0.15, 0.2) is 5.88 Å². The molecule has 0 aliphatic heterocycles. The molecule has 5 heteroatoms. The van der Waals surface area contributed by atoms with E-state index in [1.165, 1.54) is 0 Å². The minimum absolute atomic E-state index is 0.0970. The predicted molar refractivity (Wildman–Crippen MR) is 89.2 cm³/mol. The molecule has 3 aromatic rings. The number of para-hydroxylation sites is 1. The molecule has 0 unspecified atom stereocenters. The number of nitrogens with one attached hydrogen (secondary N) is 2. The summed E-state index contributed by atoms with van der Waals surface area (Å²) >= 11 is 0. The summed E-state index contributed by atoms with van der Waals surface area (Å²) in [6.07, 6.45) is 1.66. The lowest BCUT2D eigenvalue weighted by Crippen LogP contribution is -2.04. The summed E-state index contributed by atoms with van der Waals surface area (Å²) in [5.74, 6) is 0.117. The smallest absolute Gasteiger partial charge is 0.198 e. The van der Waals surface area contributed by atoms with Crippen molar-refractivity contribution in [1.29, 1.82) is 0 Å². The third-order valence-electron chi connectivity index (χ3n) is 3.38. The van der Waals surface area contributed by atoms with E-state index in [1.54, 1.807) is 6.21 Å². The Morgan fingerprint density at radius 2 is 1.86 bits per heavy atom. The Bertz CT molecular complexity index is 791. The van der Waals surface area contributed by atoms with Crippen LogP contribution >= 0.6 is 0 Å². The molecule has 0 spiro atoms. The summed E-state index contributed by atoms with van der Waals surface area (Å²) in [6.45, 7) is 0.617. The molecule has 1 aromatic heterocycles. The van der Waals surface area contributed by atoms with Gasteiger partial charge < -0.3 is 20.5 Å². The highest BCUT2D eigenvalue weighted by atomic mass is 16.3. The topological polar surface area (TPSA) is 80.6 Å². The van der Waals surface area contributed by atoms with Gasteiger partial charge in [0.05, 0.1) is 17.9 Å². The maximum Gasteiger partial charge on any atom is 0.198 e. The van der Waals surface area contributed by atoms with Gasteiger partial charge in [0, 0.05) is 29.3 Å². The fourth-order valence-electron chi connectivity index (χ4n) is 2.28. The Labute approximate surface area is 128 Å². The van der Waals surface area contributed by atoms with Crippen molar-refractivity contribution in [1.82, 2.24) is 4.98 Å². The number of aliphatic hydroxyl groups is 1. The number of anilines is 1. The zero-order chi connectivity index (χ0) is 15.4. The molecule has 0 radical (unpaired) electrons. The van der Waals surface area contributed by atoms with Crippen LogP contribution in [0.25, 0.3) is 10.9 Å². The van der Waals surface area contributed by atoms with Crippen molar-refractivity contribution in [3.63, 3.8) is 0 Å². The van der Waals surface area contributed by atoms with E-state index in [9.17, 15) is 5.11 Å². The Kier molecular flexibility index (Phi) is 4.07. The van der Waals surface area contributed by atoms with Crippen LogP contribution in [0.2, 0.25) is 0 Å². The Morgan fingerprint density at radius 3 is 2.64 bits per heavy atom. The van der Waals surface area contributed by atoms with Crippen molar-refractivity contribution in [2.45, 2.75) is 0 Å². The summed E-state index contributed by atoms with van der Waals surface area (Å²) in [5, 5.41) is 22.8. The molecule has 3 rings (SSSR count). The molecule has 0 aliphatic rings. The fraction of sp³-hybridized carbons (Fsp3) is 0.118. The van der Waals surface area contributed by atoms with E-state index in [2.05, 4.69) is 15.3 Å². The van der Waals surface area contributed by atoms with Crippen molar-refractivity contribution in [2.24, 2.45) is 4.99 Å². The molecule has 1 heterocycles. The van der Waals surface area contributed by atoms with Crippen LogP contribution in [0.5, 0.6) is 5.88 Å². The van der Waals surface area contributed by atoms with Crippen LogP contribution in [-0.4, -0.2) is 34.6 Å². The van der Waals surface area contributed by atoms with E-state index in [1.807, 2.05) is 48.5 Å². The molecule has 22 heavy (non-hydrogen) atoms. The van der Waals surface area contributed by atoms with Gasteiger partial charge >= 0.3 is 0 Å². The molecule has 0 amide bonds. The highest BCUT2D eigenvalue weighted by molar-refractivity contribution is 6.02. The first-order valence-corrected chi connectivity index (χ1v) is 7.06. The van der Waals surface area contributed by atoms with E-state index in [0.29, 0.717) is 12.1 Å². The number of aromatic amines is 1. The zero-order valence-corrected chi connectivity index (χ0v) is 12.0. The molecular weight excluding hydrogens is 278 g/mol. The molecular formula is C17H17N3O2. The van der Waals surface area contributed by atoms with Crippen molar-refractivity contribution in [2.75, 3.05) is 18.5 Å². The first-order chi connectivity index (χ1) is 10.8. The number of aromatic hydroxyl groups is 1. The summed E-state index contributed by atoms with van der Waals surface area (Å²) in [6, 6.07) is 15.2. The average Bonchev–Trinajstić information content (AvgIpc) is 2.87. The molecule has 5 nitrogen and oxygen atoms in total. The standard InChI is InChI=1S/C17H17N3O2/c21-10-9-18-12-5-7-13(8-6-12)19-11-15-14-3-1-2-4-16(14)20-17(15)22/h1-8,11,18,20-22H,9-10H2. The average molecular weight is 295 g/mol. The number of hydrogen-bond donors (Lipinski definition) is 4. The Morgan fingerprint density at radius 1 is 1.09 bits per heavy atom. The molecule has 0 saturated carbocycles. The quantitative estimate of drug-likeness (QED) is 0.546. The number of fused-ring (bicyclic) bond motifs is 1. The van der Waals surface area contributed by atoms with E-state index in [4.69, 9.17) is 5.11 Å². The van der Waals surface area contributed by atoms with Gasteiger partial charge in [-0.05, 0) is 30.3 Å². The molecule has 0 aliphatic carbocycles. The SMILES string of the molecule is OCCNc1ccc(N=Cc2c(O)[nH]c3ccccc23)cc1. The maximum absolute atomic E-state index is 9.97. The summed E-state index contributed by atoms with van der Waals surface area (Å²) in [4.78, 5) is 7.33. The highest BCUT2D eigenvalue weighted by Crippen LogP contribution is 2.26. The minimum atomic E-state index is 0.0970. The van der Waals surface area contributed by atoms with Crippen LogP contribution in [0.4, 0.5) is 11.4 Å². The molecule has 4 N–H and O–H groups in total. The number of hydrogen-bond acceptors (Lipinski definition) is 4. The van der Waals surface area contributed by atoms with E-state index < -0.39 is 0 Å². The lowest BCUT2D eigenvalue weighted by Gasteiger charge is -2.03. The van der Waals surface area contributed by atoms with Crippen LogP contribution in [-0.2, 0) is 0 Å². The van der Waals surface area contributed by atoms with Gasteiger partial charge in [-0.25, -0.2) is 0 Å². The van der Waals surface area contributed by atoms with Gasteiger partial charge in [-0.2, -0.15) is 0 Å². The number of aliphatic hydroxyl groups excluding tert-OH is 1. The number of benzene rings is 2. The van der Waals surface area contributed by atoms with Crippen LogP contribution in [0.15, 0.2) is 53.5 Å². The third-order valence-corrected chi connectivity index (χ3v) is 3.38. The Balaban J connectivity index is 1.82. The minimum Gasteiger partial charge on any atom is -0.494 e. The van der Waals surface area contributed by atoms with Crippen LogP contribution in [0, 0.1) is 0 Å². The van der Waals surface area contributed by atoms with Gasteiger partial charge in [0.2, 0.25) is 0 Å². The first kappa shape index (κ1) is 14.2. The second-order valence-electron chi connectivity index (χ2n) is 4.89. The van der Waals surface area contributed by atoms with E-state index >= 15 is 0 Å². The van der Waals surface area contributed by atoms with Crippen molar-refractivity contribution < 1.29 is 10.2 Å². The number of rotatable bonds is 5. The van der Waals surface area contributed by atoms with Gasteiger partial charge in [-0.1, -0.05) is 18.2 Å². The van der Waals surface area contributed by atoms with Gasteiger partial charge in [0.1, 0.15) is 0 Å². The molecule has 0 bridgehead atoms. The van der Waals surface area contributed by atoms with E-state index in [0.717, 1.165) is 22.3 Å². The lowest BCUT2D eigenvalue weighted by atomic mass is 10.2. The summed E-state index contributed by atoms with van der Waals surface area (Å²) in [7, 11) is 0. The van der Waals surface area contributed by atoms with Crippen molar-refractivity contribution in [3.8, 4) is 5.88 Å². The number of H-pyrrole nitrogens is 1. The highest BCUT2D eigenvalue weighted by Gasteiger charge is 2.07. The first-order valence-electron chi connectivity index (χ1n) is 7.06. The summed E-state index contributed by atoms with van der Waals surface area (Å²) in [5.41, 5.74) is 3.28. The second-order valence-corrected chi connectivity index (χ2v) is 4.89. The fourth-order valence-corrected chi connectivity index (χ4v) is 2.28. The number of aliphatic imine (C=N–C) groups is 1. The van der Waals surface area contributed by atoms with E-state index in [-0.39, 0.29) is 12.5 Å². The Hall–Kier alpha value is -2.79. The number of aromatic nitrogens is 1. The monoisotopic (exact) mass is 295 g/mol. The molecule has 0 saturated heterocycles.